The highest BCUT2D eigenvalue weighted by atomic mass is 35.5. The third-order valence-corrected chi connectivity index (χ3v) is 4.36. The number of alkyl halides is 3. The van der Waals surface area contributed by atoms with E-state index in [1.165, 1.54) is 4.90 Å². The van der Waals surface area contributed by atoms with Crippen molar-refractivity contribution in [2.45, 2.75) is 12.2 Å². The first-order chi connectivity index (χ1) is 12.4. The summed E-state index contributed by atoms with van der Waals surface area (Å²) in [7, 11) is 0. The number of halogens is 5. The normalized spacial score (nSPS) is 15.8. The monoisotopic (exact) mass is 439 g/mol. The SMILES string of the molecule is Cl.Cl.O=C(NCC(N1CCNCC1)C(F)(F)F)c1ccc(-n2ccnc2)cc1. The van der Waals surface area contributed by atoms with Gasteiger partial charge in [-0.2, -0.15) is 13.2 Å². The van der Waals surface area contributed by atoms with Gasteiger partial charge in [-0.3, -0.25) is 9.69 Å². The summed E-state index contributed by atoms with van der Waals surface area (Å²) in [5, 5.41) is 5.44. The van der Waals surface area contributed by atoms with Crippen molar-refractivity contribution in [2.75, 3.05) is 32.7 Å². The number of nitrogens with zero attached hydrogens (tertiary/aromatic N) is 3. The van der Waals surface area contributed by atoms with Gasteiger partial charge >= 0.3 is 6.18 Å². The fourth-order valence-electron chi connectivity index (χ4n) is 2.93. The van der Waals surface area contributed by atoms with Crippen molar-refractivity contribution in [1.29, 1.82) is 0 Å². The lowest BCUT2D eigenvalue weighted by molar-refractivity contribution is -0.183. The van der Waals surface area contributed by atoms with Crippen LogP contribution in [0.2, 0.25) is 0 Å². The third-order valence-electron chi connectivity index (χ3n) is 4.36. The van der Waals surface area contributed by atoms with Crippen molar-refractivity contribution in [3.8, 4) is 5.69 Å². The van der Waals surface area contributed by atoms with Crippen LogP contribution in [0, 0.1) is 0 Å². The van der Waals surface area contributed by atoms with Crippen LogP contribution in [0.3, 0.4) is 0 Å². The Bertz CT molecular complexity index is 719. The molecule has 0 spiro atoms. The molecule has 2 N–H and O–H groups in total. The first-order valence-corrected chi connectivity index (χ1v) is 8.33. The molecule has 1 aliphatic rings. The number of nitrogens with one attached hydrogen (secondary N) is 2. The zero-order valence-electron chi connectivity index (χ0n) is 14.9. The summed E-state index contributed by atoms with van der Waals surface area (Å²) < 4.78 is 41.8. The average molecular weight is 440 g/mol. The first-order valence-electron chi connectivity index (χ1n) is 8.33. The molecule has 6 nitrogen and oxygen atoms in total. The molecule has 11 heteroatoms. The largest absolute Gasteiger partial charge is 0.405 e. The van der Waals surface area contributed by atoms with Gasteiger partial charge in [0, 0.05) is 56.4 Å². The molecule has 1 aromatic heterocycles. The molecule has 1 aliphatic heterocycles. The topological polar surface area (TPSA) is 62.2 Å². The van der Waals surface area contributed by atoms with E-state index in [1.54, 1.807) is 47.6 Å². The molecule has 1 saturated heterocycles. The zero-order valence-corrected chi connectivity index (χ0v) is 16.5. The van der Waals surface area contributed by atoms with Gasteiger partial charge in [-0.25, -0.2) is 4.98 Å². The molecule has 2 aromatic rings. The Labute approximate surface area is 173 Å². The van der Waals surface area contributed by atoms with Gasteiger partial charge in [0.2, 0.25) is 0 Å². The number of carbonyl (C=O) groups is 1. The highest BCUT2D eigenvalue weighted by Gasteiger charge is 2.43. The molecule has 0 saturated carbocycles. The van der Waals surface area contributed by atoms with Crippen molar-refractivity contribution in [3.63, 3.8) is 0 Å². The summed E-state index contributed by atoms with van der Waals surface area (Å²) in [4.78, 5) is 17.5. The summed E-state index contributed by atoms with van der Waals surface area (Å²) >= 11 is 0. The molecule has 1 amide bonds. The summed E-state index contributed by atoms with van der Waals surface area (Å²) in [5.74, 6) is -0.522. The summed E-state index contributed by atoms with van der Waals surface area (Å²) in [6.45, 7) is 1.16. The zero-order chi connectivity index (χ0) is 18.6. The van der Waals surface area contributed by atoms with Crippen molar-refractivity contribution in [3.05, 3.63) is 48.5 Å². The van der Waals surface area contributed by atoms with Crippen LogP contribution in [0.25, 0.3) is 5.69 Å². The summed E-state index contributed by atoms with van der Waals surface area (Å²) in [6.07, 6.45) is 0.622. The molecule has 1 fully saturated rings. The minimum absolute atomic E-state index is 0. The molecule has 0 bridgehead atoms. The lowest BCUT2D eigenvalue weighted by Crippen LogP contribution is -2.57. The lowest BCUT2D eigenvalue weighted by Gasteiger charge is -2.35. The molecule has 28 heavy (non-hydrogen) atoms. The van der Waals surface area contributed by atoms with Crippen LogP contribution in [-0.4, -0.2) is 65.3 Å². The summed E-state index contributed by atoms with van der Waals surface area (Å²) in [6, 6.07) is 4.91. The lowest BCUT2D eigenvalue weighted by atomic mass is 10.1. The van der Waals surface area contributed by atoms with Crippen molar-refractivity contribution in [1.82, 2.24) is 25.1 Å². The maximum absolute atomic E-state index is 13.3. The molecular formula is C17H22Cl2F3N5O. The Balaban J connectivity index is 0.00000196. The van der Waals surface area contributed by atoms with Gasteiger partial charge in [0.15, 0.2) is 0 Å². The predicted molar refractivity (Wildman–Crippen MR) is 105 cm³/mol. The van der Waals surface area contributed by atoms with Crippen LogP contribution in [0.4, 0.5) is 13.2 Å². The molecular weight excluding hydrogens is 418 g/mol. The first kappa shape index (κ1) is 24.2. The smallest absolute Gasteiger partial charge is 0.350 e. The van der Waals surface area contributed by atoms with E-state index in [-0.39, 0.29) is 24.8 Å². The van der Waals surface area contributed by atoms with Gasteiger partial charge in [0.05, 0.1) is 6.33 Å². The van der Waals surface area contributed by atoms with E-state index in [2.05, 4.69) is 15.6 Å². The molecule has 1 atom stereocenters. The molecule has 0 aliphatic carbocycles. The second kappa shape index (κ2) is 10.7. The van der Waals surface area contributed by atoms with Crippen LogP contribution >= 0.6 is 24.8 Å². The van der Waals surface area contributed by atoms with E-state index >= 15 is 0 Å². The minimum atomic E-state index is -4.39. The fourth-order valence-corrected chi connectivity index (χ4v) is 2.93. The average Bonchev–Trinajstić information content (AvgIpc) is 3.16. The number of amides is 1. The van der Waals surface area contributed by atoms with Gasteiger partial charge < -0.3 is 15.2 Å². The van der Waals surface area contributed by atoms with Gasteiger partial charge in [-0.05, 0) is 24.3 Å². The number of rotatable bonds is 5. The minimum Gasteiger partial charge on any atom is -0.350 e. The van der Waals surface area contributed by atoms with Gasteiger partial charge in [0.25, 0.3) is 5.91 Å². The number of aromatic nitrogens is 2. The van der Waals surface area contributed by atoms with E-state index in [0.717, 1.165) is 5.69 Å². The standard InChI is InChI=1S/C17H20F3N5O.2ClH/c18-17(19,20)15(24-8-5-21-6-9-24)11-23-16(26)13-1-3-14(4-2-13)25-10-7-22-12-25;;/h1-4,7,10,12,15,21H,5-6,8-9,11H2,(H,23,26);2*1H. The predicted octanol–water partition coefficient (Wildman–Crippen LogP) is 2.28. The molecule has 1 aromatic carbocycles. The van der Waals surface area contributed by atoms with Gasteiger partial charge in [-0.1, -0.05) is 0 Å². The molecule has 2 heterocycles. The second-order valence-electron chi connectivity index (χ2n) is 6.07. The number of piperazine rings is 1. The van der Waals surface area contributed by atoms with E-state index in [0.29, 0.717) is 31.7 Å². The van der Waals surface area contributed by atoms with Crippen molar-refractivity contribution in [2.24, 2.45) is 0 Å². The second-order valence-corrected chi connectivity index (χ2v) is 6.07. The van der Waals surface area contributed by atoms with Crippen LogP contribution < -0.4 is 10.6 Å². The maximum Gasteiger partial charge on any atom is 0.405 e. The van der Waals surface area contributed by atoms with Gasteiger partial charge in [-0.15, -0.1) is 24.8 Å². The van der Waals surface area contributed by atoms with Crippen LogP contribution in [0.5, 0.6) is 0 Å². The van der Waals surface area contributed by atoms with Crippen LogP contribution in [-0.2, 0) is 0 Å². The van der Waals surface area contributed by atoms with E-state index < -0.39 is 24.7 Å². The number of hydrogen-bond acceptors (Lipinski definition) is 4. The van der Waals surface area contributed by atoms with Crippen molar-refractivity contribution < 1.29 is 18.0 Å². The van der Waals surface area contributed by atoms with Crippen LogP contribution in [0.1, 0.15) is 10.4 Å². The van der Waals surface area contributed by atoms with E-state index in [4.69, 9.17) is 0 Å². The van der Waals surface area contributed by atoms with Crippen LogP contribution in [0.15, 0.2) is 43.0 Å². The summed E-state index contributed by atoms with van der Waals surface area (Å²) in [5.41, 5.74) is 1.13. The number of carbonyl (C=O) groups excluding carboxylic acids is 1. The Morgan fingerprint density at radius 3 is 2.36 bits per heavy atom. The fraction of sp³-hybridized carbons (Fsp3) is 0.412. The number of benzene rings is 1. The number of imidazole rings is 1. The highest BCUT2D eigenvalue weighted by molar-refractivity contribution is 5.94. The Morgan fingerprint density at radius 1 is 1.18 bits per heavy atom. The Morgan fingerprint density at radius 2 is 1.82 bits per heavy atom. The molecule has 3 rings (SSSR count). The van der Waals surface area contributed by atoms with E-state index in [9.17, 15) is 18.0 Å². The van der Waals surface area contributed by atoms with Gasteiger partial charge in [0.1, 0.15) is 6.04 Å². The maximum atomic E-state index is 13.3. The Kier molecular flexibility index (Phi) is 9.22. The number of hydrogen-bond donors (Lipinski definition) is 2. The third kappa shape index (κ3) is 6.10. The molecule has 156 valence electrons. The highest BCUT2D eigenvalue weighted by Crippen LogP contribution is 2.24. The quantitative estimate of drug-likeness (QED) is 0.749. The molecule has 1 unspecified atom stereocenters. The van der Waals surface area contributed by atoms with E-state index in [1.807, 2.05) is 0 Å². The van der Waals surface area contributed by atoms with Crippen molar-refractivity contribution >= 4 is 30.7 Å². The Hall–Kier alpha value is -1.81. The molecule has 0 radical (unpaired) electrons.